The smallest absolute Gasteiger partial charge is 0.266 e. The van der Waals surface area contributed by atoms with Crippen LogP contribution in [-0.4, -0.2) is 55.9 Å². The Morgan fingerprint density at radius 1 is 0.968 bits per heavy atom. The van der Waals surface area contributed by atoms with Crippen LogP contribution in [0.4, 0.5) is 5.69 Å². The van der Waals surface area contributed by atoms with Crippen molar-refractivity contribution in [3.8, 4) is 5.75 Å². The highest BCUT2D eigenvalue weighted by atomic mass is 35.5. The number of benzene rings is 2. The Bertz CT molecular complexity index is 971. The molecule has 1 fully saturated rings. The molecule has 0 unspecified atom stereocenters. The number of imide groups is 1. The van der Waals surface area contributed by atoms with Gasteiger partial charge in [-0.2, -0.15) is 0 Å². The predicted octanol–water partition coefficient (Wildman–Crippen LogP) is 3.13. The number of ether oxygens (including phenoxy) is 1. The lowest BCUT2D eigenvalue weighted by Crippen LogP contribution is -2.37. The minimum Gasteiger partial charge on any atom is -0.497 e. The Morgan fingerprint density at radius 2 is 1.65 bits per heavy atom. The first kappa shape index (κ1) is 22.8. The zero-order chi connectivity index (χ0) is 21.1. The molecule has 2 aromatic rings. The Labute approximate surface area is 187 Å². The van der Waals surface area contributed by atoms with Crippen LogP contribution in [0.15, 0.2) is 42.5 Å². The summed E-state index contributed by atoms with van der Waals surface area (Å²) in [7, 11) is 1.55. The standard InChI is InChI=1S/C23H25N3O4.ClH/c1-30-18-8-6-17(7-9-18)26-22(28)19-10-5-16(15-20(19)23(26)29)21(27)24-11-14-25-12-3-2-4-13-25;/h5-10,15H,2-4,11-14H2,1H3,(H,24,27);1H. The van der Waals surface area contributed by atoms with E-state index in [1.54, 1.807) is 43.5 Å². The minimum absolute atomic E-state index is 0. The number of halogens is 1. The quantitative estimate of drug-likeness (QED) is 0.694. The maximum atomic E-state index is 12.9. The van der Waals surface area contributed by atoms with Gasteiger partial charge in [-0.05, 0) is 68.4 Å². The van der Waals surface area contributed by atoms with Gasteiger partial charge in [0.05, 0.1) is 23.9 Å². The molecule has 2 aliphatic heterocycles. The Morgan fingerprint density at radius 3 is 2.32 bits per heavy atom. The van der Waals surface area contributed by atoms with Crippen LogP contribution in [-0.2, 0) is 0 Å². The number of carbonyl (C=O) groups is 3. The third-order valence-electron chi connectivity index (χ3n) is 5.64. The molecular formula is C23H26ClN3O4. The molecule has 0 saturated carbocycles. The SMILES string of the molecule is COc1ccc(N2C(=O)c3ccc(C(=O)NCCN4CCCCC4)cc3C2=O)cc1.Cl. The molecular weight excluding hydrogens is 418 g/mol. The zero-order valence-corrected chi connectivity index (χ0v) is 18.2. The van der Waals surface area contributed by atoms with E-state index >= 15 is 0 Å². The van der Waals surface area contributed by atoms with Crippen LogP contribution < -0.4 is 15.0 Å². The lowest BCUT2D eigenvalue weighted by atomic mass is 10.1. The van der Waals surface area contributed by atoms with Gasteiger partial charge >= 0.3 is 0 Å². The average molecular weight is 444 g/mol. The van der Waals surface area contributed by atoms with Crippen LogP contribution in [0.1, 0.15) is 50.3 Å². The van der Waals surface area contributed by atoms with Crippen molar-refractivity contribution < 1.29 is 19.1 Å². The number of hydrogen-bond donors (Lipinski definition) is 1. The highest BCUT2D eigenvalue weighted by Gasteiger charge is 2.37. The normalized spacial score (nSPS) is 16.0. The van der Waals surface area contributed by atoms with Gasteiger partial charge in [-0.1, -0.05) is 6.42 Å². The first-order valence-electron chi connectivity index (χ1n) is 10.3. The molecule has 7 nitrogen and oxygen atoms in total. The van der Waals surface area contributed by atoms with E-state index in [0.717, 1.165) is 24.5 Å². The summed E-state index contributed by atoms with van der Waals surface area (Å²) in [6.45, 7) is 3.53. The molecule has 0 aliphatic carbocycles. The summed E-state index contributed by atoms with van der Waals surface area (Å²) >= 11 is 0. The van der Waals surface area contributed by atoms with Crippen LogP contribution in [0.5, 0.6) is 5.75 Å². The Hall–Kier alpha value is -2.90. The molecule has 0 aromatic heterocycles. The molecule has 164 valence electrons. The maximum Gasteiger partial charge on any atom is 0.266 e. The monoisotopic (exact) mass is 443 g/mol. The second-order valence-corrected chi connectivity index (χ2v) is 7.56. The summed E-state index contributed by atoms with van der Waals surface area (Å²) in [5, 5.41) is 2.91. The summed E-state index contributed by atoms with van der Waals surface area (Å²) in [5.41, 5.74) is 1.40. The van der Waals surface area contributed by atoms with Gasteiger partial charge in [0.15, 0.2) is 0 Å². The van der Waals surface area contributed by atoms with Crippen molar-refractivity contribution in [3.63, 3.8) is 0 Å². The van der Waals surface area contributed by atoms with Gasteiger partial charge in [-0.25, -0.2) is 4.90 Å². The second kappa shape index (κ2) is 9.94. The van der Waals surface area contributed by atoms with E-state index in [1.807, 2.05) is 0 Å². The van der Waals surface area contributed by atoms with E-state index in [0.29, 0.717) is 29.1 Å². The van der Waals surface area contributed by atoms with E-state index < -0.39 is 11.8 Å². The number of nitrogens with zero attached hydrogens (tertiary/aromatic N) is 2. The summed E-state index contributed by atoms with van der Waals surface area (Å²) in [5.74, 6) is -0.419. The maximum absolute atomic E-state index is 12.9. The molecule has 0 spiro atoms. The first-order valence-corrected chi connectivity index (χ1v) is 10.3. The van der Waals surface area contributed by atoms with E-state index in [-0.39, 0.29) is 23.9 Å². The van der Waals surface area contributed by atoms with E-state index in [2.05, 4.69) is 10.2 Å². The summed E-state index contributed by atoms with van der Waals surface area (Å²) in [6.07, 6.45) is 3.69. The lowest BCUT2D eigenvalue weighted by Gasteiger charge is -2.26. The average Bonchev–Trinajstić information content (AvgIpc) is 3.04. The molecule has 8 heteroatoms. The van der Waals surface area contributed by atoms with Crippen molar-refractivity contribution in [1.29, 1.82) is 0 Å². The van der Waals surface area contributed by atoms with E-state index in [4.69, 9.17) is 4.74 Å². The molecule has 2 aliphatic rings. The number of hydrogen-bond acceptors (Lipinski definition) is 5. The van der Waals surface area contributed by atoms with Gasteiger partial charge in [-0.3, -0.25) is 14.4 Å². The zero-order valence-electron chi connectivity index (χ0n) is 17.4. The number of nitrogens with one attached hydrogen (secondary N) is 1. The minimum atomic E-state index is -0.428. The van der Waals surface area contributed by atoms with Gasteiger partial charge in [-0.15, -0.1) is 12.4 Å². The van der Waals surface area contributed by atoms with E-state index in [1.165, 1.54) is 25.3 Å². The molecule has 31 heavy (non-hydrogen) atoms. The van der Waals surface area contributed by atoms with Gasteiger partial charge in [0.1, 0.15) is 5.75 Å². The van der Waals surface area contributed by atoms with Crippen LogP contribution in [0.2, 0.25) is 0 Å². The molecule has 3 amide bonds. The van der Waals surface area contributed by atoms with Crippen LogP contribution in [0.3, 0.4) is 0 Å². The molecule has 0 radical (unpaired) electrons. The molecule has 1 N–H and O–H groups in total. The summed E-state index contributed by atoms with van der Waals surface area (Å²) in [6, 6.07) is 11.4. The van der Waals surface area contributed by atoms with Gasteiger partial charge < -0.3 is 15.0 Å². The molecule has 2 heterocycles. The number of fused-ring (bicyclic) bond motifs is 1. The number of anilines is 1. The Kier molecular flexibility index (Phi) is 7.30. The highest BCUT2D eigenvalue weighted by Crippen LogP contribution is 2.30. The number of piperidine rings is 1. The first-order chi connectivity index (χ1) is 14.6. The lowest BCUT2D eigenvalue weighted by molar-refractivity contribution is 0.0923. The number of rotatable bonds is 6. The van der Waals surface area contributed by atoms with Crippen molar-refractivity contribution in [2.45, 2.75) is 19.3 Å². The van der Waals surface area contributed by atoms with Crippen molar-refractivity contribution in [2.75, 3.05) is 38.2 Å². The number of amides is 3. The number of methoxy groups -OCH3 is 1. The second-order valence-electron chi connectivity index (χ2n) is 7.56. The number of likely N-dealkylation sites (tertiary alicyclic amines) is 1. The third-order valence-corrected chi connectivity index (χ3v) is 5.64. The molecule has 0 atom stereocenters. The molecule has 1 saturated heterocycles. The van der Waals surface area contributed by atoms with E-state index in [9.17, 15) is 14.4 Å². The summed E-state index contributed by atoms with van der Waals surface area (Å²) < 4.78 is 5.12. The van der Waals surface area contributed by atoms with Crippen molar-refractivity contribution in [3.05, 3.63) is 59.2 Å². The van der Waals surface area contributed by atoms with Crippen LogP contribution in [0.25, 0.3) is 0 Å². The van der Waals surface area contributed by atoms with Crippen LogP contribution in [0, 0.1) is 0 Å². The van der Waals surface area contributed by atoms with Gasteiger partial charge in [0, 0.05) is 18.7 Å². The highest BCUT2D eigenvalue weighted by molar-refractivity contribution is 6.34. The fraction of sp³-hybridized carbons (Fsp3) is 0.348. The fourth-order valence-corrected chi connectivity index (χ4v) is 3.96. The third kappa shape index (κ3) is 4.73. The topological polar surface area (TPSA) is 79.0 Å². The fourth-order valence-electron chi connectivity index (χ4n) is 3.96. The Balaban J connectivity index is 0.00000272. The van der Waals surface area contributed by atoms with Crippen molar-refractivity contribution >= 4 is 35.8 Å². The summed E-state index contributed by atoms with van der Waals surface area (Å²) in [4.78, 5) is 41.7. The largest absolute Gasteiger partial charge is 0.497 e. The van der Waals surface area contributed by atoms with Gasteiger partial charge in [0.2, 0.25) is 0 Å². The molecule has 2 aromatic carbocycles. The van der Waals surface area contributed by atoms with Crippen molar-refractivity contribution in [2.24, 2.45) is 0 Å². The van der Waals surface area contributed by atoms with Crippen LogP contribution >= 0.6 is 12.4 Å². The van der Waals surface area contributed by atoms with Gasteiger partial charge in [0.25, 0.3) is 17.7 Å². The molecule has 0 bridgehead atoms. The molecule has 4 rings (SSSR count). The predicted molar refractivity (Wildman–Crippen MR) is 120 cm³/mol. The van der Waals surface area contributed by atoms with Crippen molar-refractivity contribution in [1.82, 2.24) is 10.2 Å². The number of carbonyl (C=O) groups excluding carboxylic acids is 3.